The average molecular weight is 151 g/mol. The maximum absolute atomic E-state index is 9.37. The van der Waals surface area contributed by atoms with Gasteiger partial charge in [-0.15, -0.1) is 0 Å². The van der Waals surface area contributed by atoms with Crippen LogP contribution in [0.1, 0.15) is 11.1 Å². The van der Waals surface area contributed by atoms with Crippen LogP contribution in [0.25, 0.3) is 0 Å². The molecule has 1 rings (SSSR count). The van der Waals surface area contributed by atoms with Gasteiger partial charge in [0.2, 0.25) is 0 Å². The van der Waals surface area contributed by atoms with E-state index in [0.29, 0.717) is 12.3 Å². The highest BCUT2D eigenvalue weighted by Gasteiger charge is 2.01. The average Bonchev–Trinajstić information content (AvgIpc) is 1.97. The van der Waals surface area contributed by atoms with Crippen molar-refractivity contribution < 1.29 is 5.11 Å². The minimum atomic E-state index is 0.357. The summed E-state index contributed by atoms with van der Waals surface area (Å²) >= 11 is 0. The fourth-order valence-corrected chi connectivity index (χ4v) is 1.16. The molecule has 0 heterocycles. The third-order valence-corrected chi connectivity index (χ3v) is 1.78. The van der Waals surface area contributed by atoms with E-state index in [2.05, 4.69) is 0 Å². The second kappa shape index (κ2) is 3.39. The van der Waals surface area contributed by atoms with Gasteiger partial charge in [-0.05, 0) is 37.1 Å². The molecule has 0 spiro atoms. The highest BCUT2D eigenvalue weighted by Crippen LogP contribution is 2.19. The van der Waals surface area contributed by atoms with Gasteiger partial charge in [-0.25, -0.2) is 0 Å². The molecule has 1 aromatic rings. The lowest BCUT2D eigenvalue weighted by Crippen LogP contribution is -2.04. The Morgan fingerprint density at radius 2 is 2.18 bits per heavy atom. The van der Waals surface area contributed by atoms with Gasteiger partial charge < -0.3 is 10.8 Å². The van der Waals surface area contributed by atoms with Crippen LogP contribution in [-0.4, -0.2) is 11.7 Å². The summed E-state index contributed by atoms with van der Waals surface area (Å²) in [5, 5.41) is 9.37. The predicted molar refractivity (Wildman–Crippen MR) is 45.6 cm³/mol. The van der Waals surface area contributed by atoms with E-state index in [-0.39, 0.29) is 0 Å². The number of nitrogens with two attached hydrogens (primary N) is 1. The summed E-state index contributed by atoms with van der Waals surface area (Å²) in [6.45, 7) is 2.56. The summed E-state index contributed by atoms with van der Waals surface area (Å²) < 4.78 is 0. The van der Waals surface area contributed by atoms with E-state index in [1.807, 2.05) is 19.1 Å². The van der Waals surface area contributed by atoms with E-state index in [4.69, 9.17) is 5.73 Å². The topological polar surface area (TPSA) is 46.2 Å². The molecule has 0 fully saturated rings. The first kappa shape index (κ1) is 8.08. The fraction of sp³-hybridized carbons (Fsp3) is 0.333. The van der Waals surface area contributed by atoms with Crippen LogP contribution in [0.15, 0.2) is 18.2 Å². The third-order valence-electron chi connectivity index (χ3n) is 1.78. The fourth-order valence-electron chi connectivity index (χ4n) is 1.16. The monoisotopic (exact) mass is 151 g/mol. The summed E-state index contributed by atoms with van der Waals surface area (Å²) in [5.74, 6) is 0.357. The van der Waals surface area contributed by atoms with E-state index in [0.717, 1.165) is 17.5 Å². The first-order valence-electron chi connectivity index (χ1n) is 3.73. The van der Waals surface area contributed by atoms with Gasteiger partial charge in [0, 0.05) is 0 Å². The number of aromatic hydroxyl groups is 1. The van der Waals surface area contributed by atoms with Crippen LogP contribution in [-0.2, 0) is 6.42 Å². The van der Waals surface area contributed by atoms with Crippen molar-refractivity contribution in [2.45, 2.75) is 13.3 Å². The number of rotatable bonds is 2. The second-order valence-electron chi connectivity index (χ2n) is 2.61. The van der Waals surface area contributed by atoms with Gasteiger partial charge in [-0.1, -0.05) is 12.1 Å². The predicted octanol–water partition coefficient (Wildman–Crippen LogP) is 1.20. The Hall–Kier alpha value is -1.02. The number of phenols is 1. The Morgan fingerprint density at radius 3 is 2.73 bits per heavy atom. The Bertz CT molecular complexity index is 225. The van der Waals surface area contributed by atoms with E-state index in [1.54, 1.807) is 6.07 Å². The molecule has 0 radical (unpaired) electrons. The summed E-state index contributed by atoms with van der Waals surface area (Å²) in [4.78, 5) is 0. The third kappa shape index (κ3) is 1.71. The van der Waals surface area contributed by atoms with Crippen LogP contribution in [0, 0.1) is 6.92 Å². The number of phenolic OH excluding ortho intramolecular Hbond substituents is 1. The van der Waals surface area contributed by atoms with E-state index >= 15 is 0 Å². The molecule has 60 valence electrons. The molecular weight excluding hydrogens is 138 g/mol. The molecule has 0 atom stereocenters. The normalized spacial score (nSPS) is 10.0. The summed E-state index contributed by atoms with van der Waals surface area (Å²) in [7, 11) is 0. The Labute approximate surface area is 66.7 Å². The van der Waals surface area contributed by atoms with Crippen LogP contribution >= 0.6 is 0 Å². The zero-order valence-electron chi connectivity index (χ0n) is 6.67. The van der Waals surface area contributed by atoms with Crippen molar-refractivity contribution in [2.24, 2.45) is 5.73 Å². The van der Waals surface area contributed by atoms with E-state index in [9.17, 15) is 5.11 Å². The number of aryl methyl sites for hydroxylation is 1. The van der Waals surface area contributed by atoms with Crippen molar-refractivity contribution in [3.63, 3.8) is 0 Å². The molecule has 1 aromatic carbocycles. The molecule has 3 N–H and O–H groups in total. The standard InChI is InChI=1S/C9H13NO/c1-7-3-2-4-9(11)8(7)5-6-10/h2-4,11H,5-6,10H2,1H3. The maximum Gasteiger partial charge on any atom is 0.119 e. The van der Waals surface area contributed by atoms with Gasteiger partial charge in [0.1, 0.15) is 5.75 Å². The molecule has 0 saturated carbocycles. The van der Waals surface area contributed by atoms with Gasteiger partial charge in [-0.2, -0.15) is 0 Å². The quantitative estimate of drug-likeness (QED) is 0.667. The first-order chi connectivity index (χ1) is 5.25. The molecule has 0 aromatic heterocycles. The van der Waals surface area contributed by atoms with Gasteiger partial charge in [-0.3, -0.25) is 0 Å². The van der Waals surface area contributed by atoms with Gasteiger partial charge in [0.25, 0.3) is 0 Å². The minimum Gasteiger partial charge on any atom is -0.508 e. The molecule has 2 heteroatoms. The number of benzene rings is 1. The molecule has 0 aliphatic heterocycles. The summed E-state index contributed by atoms with van der Waals surface area (Å²) in [5.41, 5.74) is 7.46. The smallest absolute Gasteiger partial charge is 0.119 e. The van der Waals surface area contributed by atoms with Crippen molar-refractivity contribution in [3.05, 3.63) is 29.3 Å². The van der Waals surface area contributed by atoms with Crippen LogP contribution in [0.5, 0.6) is 5.75 Å². The molecule has 0 saturated heterocycles. The highest BCUT2D eigenvalue weighted by atomic mass is 16.3. The second-order valence-corrected chi connectivity index (χ2v) is 2.61. The maximum atomic E-state index is 9.37. The van der Waals surface area contributed by atoms with E-state index < -0.39 is 0 Å². The Kier molecular flexibility index (Phi) is 2.49. The zero-order valence-corrected chi connectivity index (χ0v) is 6.67. The zero-order chi connectivity index (χ0) is 8.27. The molecule has 0 bridgehead atoms. The van der Waals surface area contributed by atoms with Crippen LogP contribution in [0.2, 0.25) is 0 Å². The van der Waals surface area contributed by atoms with Crippen molar-refractivity contribution in [1.82, 2.24) is 0 Å². The van der Waals surface area contributed by atoms with Crippen molar-refractivity contribution in [3.8, 4) is 5.75 Å². The van der Waals surface area contributed by atoms with Crippen LogP contribution in [0.3, 0.4) is 0 Å². The lowest BCUT2D eigenvalue weighted by molar-refractivity contribution is 0.467. The number of hydrogen-bond donors (Lipinski definition) is 2. The van der Waals surface area contributed by atoms with E-state index in [1.165, 1.54) is 0 Å². The largest absolute Gasteiger partial charge is 0.508 e. The summed E-state index contributed by atoms with van der Waals surface area (Å²) in [6.07, 6.45) is 0.749. The molecule has 0 amide bonds. The van der Waals surface area contributed by atoms with Gasteiger partial charge >= 0.3 is 0 Å². The molecule has 2 nitrogen and oxygen atoms in total. The van der Waals surface area contributed by atoms with Crippen molar-refractivity contribution >= 4 is 0 Å². The number of hydrogen-bond acceptors (Lipinski definition) is 2. The molecule has 0 aliphatic rings. The highest BCUT2D eigenvalue weighted by molar-refractivity contribution is 5.38. The molecule has 0 aliphatic carbocycles. The molecule has 0 unspecified atom stereocenters. The first-order valence-corrected chi connectivity index (χ1v) is 3.73. The lowest BCUT2D eigenvalue weighted by atomic mass is 10.1. The van der Waals surface area contributed by atoms with Crippen molar-refractivity contribution in [1.29, 1.82) is 0 Å². The van der Waals surface area contributed by atoms with Crippen molar-refractivity contribution in [2.75, 3.05) is 6.54 Å². The van der Waals surface area contributed by atoms with Gasteiger partial charge in [0.05, 0.1) is 0 Å². The van der Waals surface area contributed by atoms with Gasteiger partial charge in [0.15, 0.2) is 0 Å². The van der Waals surface area contributed by atoms with Crippen LogP contribution in [0.4, 0.5) is 0 Å². The Balaban J connectivity index is 3.00. The minimum absolute atomic E-state index is 0.357. The molecule has 11 heavy (non-hydrogen) atoms. The molecular formula is C9H13NO. The van der Waals surface area contributed by atoms with Crippen LogP contribution < -0.4 is 5.73 Å². The summed E-state index contributed by atoms with van der Waals surface area (Å²) in [6, 6.07) is 5.51. The SMILES string of the molecule is Cc1cccc(O)c1CCN. The Morgan fingerprint density at radius 1 is 1.45 bits per heavy atom. The lowest BCUT2D eigenvalue weighted by Gasteiger charge is -2.05.